The lowest BCUT2D eigenvalue weighted by molar-refractivity contribution is 1.13. The van der Waals surface area contributed by atoms with Gasteiger partial charge in [0.1, 0.15) is 17.8 Å². The maximum atomic E-state index is 5.98. The van der Waals surface area contributed by atoms with Gasteiger partial charge in [-0.2, -0.15) is 0 Å². The fraction of sp³-hybridized carbons (Fsp3) is 0. The van der Waals surface area contributed by atoms with Crippen LogP contribution in [0, 0.1) is 0 Å². The van der Waals surface area contributed by atoms with Gasteiger partial charge in [-0.15, -0.1) is 0 Å². The van der Waals surface area contributed by atoms with Crippen LogP contribution in [0.25, 0.3) is 17.0 Å². The highest BCUT2D eigenvalue weighted by molar-refractivity contribution is 5.71. The van der Waals surface area contributed by atoms with Gasteiger partial charge in [0.2, 0.25) is 0 Å². The summed E-state index contributed by atoms with van der Waals surface area (Å²) in [6, 6.07) is 1.77. The van der Waals surface area contributed by atoms with Crippen LogP contribution in [0.15, 0.2) is 37.2 Å². The zero-order chi connectivity index (χ0) is 11.0. The van der Waals surface area contributed by atoms with E-state index in [9.17, 15) is 0 Å². The molecule has 0 aromatic carbocycles. The molecule has 0 saturated heterocycles. The fourth-order valence-electron chi connectivity index (χ4n) is 1.55. The molecule has 0 fully saturated rings. The first-order chi connectivity index (χ1) is 7.86. The SMILES string of the molecule is Nc1c(-c2ccncn2)nc2cnccn12. The Balaban J connectivity index is 2.29. The zero-order valence-corrected chi connectivity index (χ0v) is 8.28. The number of nitrogens with zero attached hydrogens (tertiary/aromatic N) is 5. The van der Waals surface area contributed by atoms with Gasteiger partial charge in [0, 0.05) is 18.6 Å². The number of imidazole rings is 1. The highest BCUT2D eigenvalue weighted by atomic mass is 15.1. The van der Waals surface area contributed by atoms with Crippen LogP contribution in [0.1, 0.15) is 0 Å². The molecule has 6 heteroatoms. The lowest BCUT2D eigenvalue weighted by Gasteiger charge is -1.96. The summed E-state index contributed by atoms with van der Waals surface area (Å²) in [7, 11) is 0. The molecule has 0 atom stereocenters. The third-order valence-corrected chi connectivity index (χ3v) is 2.29. The first-order valence-electron chi connectivity index (χ1n) is 4.70. The minimum absolute atomic E-state index is 0.552. The van der Waals surface area contributed by atoms with E-state index >= 15 is 0 Å². The molecule has 0 bridgehead atoms. The molecule has 3 aromatic rings. The molecule has 0 saturated carbocycles. The van der Waals surface area contributed by atoms with E-state index in [1.54, 1.807) is 35.3 Å². The van der Waals surface area contributed by atoms with Crippen molar-refractivity contribution in [3.63, 3.8) is 0 Å². The van der Waals surface area contributed by atoms with E-state index in [1.165, 1.54) is 6.33 Å². The first kappa shape index (κ1) is 8.78. The molecule has 0 aliphatic rings. The number of rotatable bonds is 1. The van der Waals surface area contributed by atoms with Gasteiger partial charge in [0.25, 0.3) is 0 Å². The van der Waals surface area contributed by atoms with Crippen LogP contribution in [0.5, 0.6) is 0 Å². The Labute approximate surface area is 90.8 Å². The summed E-state index contributed by atoms with van der Waals surface area (Å²) >= 11 is 0. The number of anilines is 1. The Morgan fingerprint density at radius 1 is 1.19 bits per heavy atom. The largest absolute Gasteiger partial charge is 0.383 e. The molecule has 0 aliphatic carbocycles. The zero-order valence-electron chi connectivity index (χ0n) is 8.28. The van der Waals surface area contributed by atoms with Gasteiger partial charge in [0.05, 0.1) is 11.9 Å². The van der Waals surface area contributed by atoms with Gasteiger partial charge in [-0.3, -0.25) is 9.38 Å². The third kappa shape index (κ3) is 1.20. The van der Waals surface area contributed by atoms with Gasteiger partial charge in [-0.1, -0.05) is 0 Å². The van der Waals surface area contributed by atoms with Crippen LogP contribution in [0.4, 0.5) is 5.82 Å². The minimum atomic E-state index is 0.552. The maximum absolute atomic E-state index is 5.98. The summed E-state index contributed by atoms with van der Waals surface area (Å²) in [4.78, 5) is 16.3. The van der Waals surface area contributed by atoms with Crippen molar-refractivity contribution in [1.29, 1.82) is 0 Å². The number of nitrogen functional groups attached to an aromatic ring is 1. The molecule has 78 valence electrons. The summed E-state index contributed by atoms with van der Waals surface area (Å²) in [6.07, 6.45) is 8.21. The van der Waals surface area contributed by atoms with Crippen molar-refractivity contribution >= 4 is 11.5 Å². The first-order valence-corrected chi connectivity index (χ1v) is 4.70. The van der Waals surface area contributed by atoms with Crippen molar-refractivity contribution in [2.45, 2.75) is 0 Å². The molecule has 0 radical (unpaired) electrons. The van der Waals surface area contributed by atoms with Crippen LogP contribution in [-0.2, 0) is 0 Å². The van der Waals surface area contributed by atoms with E-state index in [0.29, 0.717) is 22.9 Å². The molecule has 3 rings (SSSR count). The van der Waals surface area contributed by atoms with Crippen molar-refractivity contribution < 1.29 is 0 Å². The number of hydrogen-bond acceptors (Lipinski definition) is 5. The smallest absolute Gasteiger partial charge is 0.157 e. The standard InChI is InChI=1S/C10H8N6/c11-10-9(7-1-2-13-6-14-7)15-8-5-12-3-4-16(8)10/h1-6H,11H2. The lowest BCUT2D eigenvalue weighted by atomic mass is 10.3. The Morgan fingerprint density at radius 3 is 2.88 bits per heavy atom. The van der Waals surface area contributed by atoms with Gasteiger partial charge < -0.3 is 5.73 Å². The summed E-state index contributed by atoms with van der Waals surface area (Å²) in [5, 5.41) is 0. The molecule has 3 heterocycles. The van der Waals surface area contributed by atoms with Crippen molar-refractivity contribution in [3.8, 4) is 11.4 Å². The van der Waals surface area contributed by atoms with Crippen molar-refractivity contribution in [3.05, 3.63) is 37.2 Å². The van der Waals surface area contributed by atoms with E-state index in [1.807, 2.05) is 0 Å². The highest BCUT2D eigenvalue weighted by Gasteiger charge is 2.11. The van der Waals surface area contributed by atoms with Gasteiger partial charge >= 0.3 is 0 Å². The van der Waals surface area contributed by atoms with Gasteiger partial charge in [-0.25, -0.2) is 15.0 Å². The predicted molar refractivity (Wildman–Crippen MR) is 58.4 cm³/mol. The topological polar surface area (TPSA) is 82.0 Å². The molecule has 0 unspecified atom stereocenters. The second-order valence-corrected chi connectivity index (χ2v) is 3.24. The van der Waals surface area contributed by atoms with Crippen LogP contribution < -0.4 is 5.73 Å². The fourth-order valence-corrected chi connectivity index (χ4v) is 1.55. The average molecular weight is 212 g/mol. The average Bonchev–Trinajstić information content (AvgIpc) is 2.69. The molecule has 0 spiro atoms. The van der Waals surface area contributed by atoms with E-state index in [-0.39, 0.29) is 0 Å². The summed E-state index contributed by atoms with van der Waals surface area (Å²) in [5.41, 5.74) is 8.04. The summed E-state index contributed by atoms with van der Waals surface area (Å²) in [5.74, 6) is 0.552. The monoisotopic (exact) mass is 212 g/mol. The van der Waals surface area contributed by atoms with Crippen LogP contribution in [0.2, 0.25) is 0 Å². The second kappa shape index (κ2) is 3.27. The molecule has 16 heavy (non-hydrogen) atoms. The molecule has 3 aromatic heterocycles. The molecule has 0 amide bonds. The Kier molecular flexibility index (Phi) is 1.79. The number of hydrogen-bond donors (Lipinski definition) is 1. The summed E-state index contributed by atoms with van der Waals surface area (Å²) in [6.45, 7) is 0. The Morgan fingerprint density at radius 2 is 2.12 bits per heavy atom. The van der Waals surface area contributed by atoms with Crippen molar-refractivity contribution in [2.75, 3.05) is 5.73 Å². The minimum Gasteiger partial charge on any atom is -0.383 e. The number of aromatic nitrogens is 5. The highest BCUT2D eigenvalue weighted by Crippen LogP contribution is 2.23. The van der Waals surface area contributed by atoms with Gasteiger partial charge in [-0.05, 0) is 6.07 Å². The van der Waals surface area contributed by atoms with E-state index < -0.39 is 0 Å². The van der Waals surface area contributed by atoms with Gasteiger partial charge in [0.15, 0.2) is 5.65 Å². The quantitative estimate of drug-likeness (QED) is 0.644. The molecule has 6 nitrogen and oxygen atoms in total. The predicted octanol–water partition coefficient (Wildman–Crippen LogP) is 0.768. The van der Waals surface area contributed by atoms with Crippen molar-refractivity contribution in [2.24, 2.45) is 0 Å². The third-order valence-electron chi connectivity index (χ3n) is 2.29. The molecular weight excluding hydrogens is 204 g/mol. The Hall–Kier alpha value is -2.50. The van der Waals surface area contributed by atoms with Crippen LogP contribution in [-0.4, -0.2) is 24.3 Å². The lowest BCUT2D eigenvalue weighted by Crippen LogP contribution is -1.94. The number of fused-ring (bicyclic) bond motifs is 1. The summed E-state index contributed by atoms with van der Waals surface area (Å²) < 4.78 is 1.77. The molecule has 2 N–H and O–H groups in total. The second-order valence-electron chi connectivity index (χ2n) is 3.24. The van der Waals surface area contributed by atoms with Crippen molar-refractivity contribution in [1.82, 2.24) is 24.3 Å². The van der Waals surface area contributed by atoms with E-state index in [4.69, 9.17) is 5.73 Å². The van der Waals surface area contributed by atoms with Crippen LogP contribution in [0.3, 0.4) is 0 Å². The Bertz CT molecular complexity index is 630. The molecular formula is C10H8N6. The van der Waals surface area contributed by atoms with Crippen LogP contribution >= 0.6 is 0 Å². The maximum Gasteiger partial charge on any atom is 0.157 e. The molecule has 0 aliphatic heterocycles. The number of nitrogens with two attached hydrogens (primary N) is 1. The van der Waals surface area contributed by atoms with E-state index in [0.717, 1.165) is 0 Å². The van der Waals surface area contributed by atoms with E-state index in [2.05, 4.69) is 19.9 Å². The normalized spacial score (nSPS) is 10.8.